The molecule has 0 radical (unpaired) electrons. The Hall–Kier alpha value is -2.53. The first-order valence-electron chi connectivity index (χ1n) is 7.57. The zero-order valence-electron chi connectivity index (χ0n) is 13.9. The number of rotatable bonds is 6. The Labute approximate surface area is 140 Å². The van der Waals surface area contributed by atoms with E-state index in [1.807, 2.05) is 0 Å². The lowest BCUT2D eigenvalue weighted by molar-refractivity contribution is -0.143. The van der Waals surface area contributed by atoms with Crippen LogP contribution in [0.25, 0.3) is 0 Å². The van der Waals surface area contributed by atoms with Gasteiger partial charge in [0.05, 0.1) is 0 Å². The fourth-order valence-corrected chi connectivity index (χ4v) is 2.42. The minimum Gasteiger partial charge on any atom is -0.364 e. The van der Waals surface area contributed by atoms with Gasteiger partial charge in [-0.05, 0) is 31.5 Å². The van der Waals surface area contributed by atoms with E-state index in [-0.39, 0.29) is 17.9 Å². The third kappa shape index (κ3) is 3.68. The van der Waals surface area contributed by atoms with Gasteiger partial charge in [0.2, 0.25) is 0 Å². The smallest absolute Gasteiger partial charge is 0.256 e. The van der Waals surface area contributed by atoms with Crippen LogP contribution in [0.1, 0.15) is 35.3 Å². The lowest BCUT2D eigenvalue weighted by atomic mass is 9.94. The predicted molar refractivity (Wildman–Crippen MR) is 89.1 cm³/mol. The number of amides is 1. The van der Waals surface area contributed by atoms with Gasteiger partial charge in [0, 0.05) is 24.8 Å². The highest BCUT2D eigenvalue weighted by atomic mass is 19.1. The maximum absolute atomic E-state index is 14.0. The van der Waals surface area contributed by atoms with E-state index >= 15 is 0 Å². The Morgan fingerprint density at radius 2 is 1.88 bits per heavy atom. The van der Waals surface area contributed by atoms with Crippen molar-refractivity contribution in [1.29, 1.82) is 0 Å². The molecule has 0 bridgehead atoms. The fraction of sp³-hybridized carbons (Fsp3) is 0.263. The fourth-order valence-electron chi connectivity index (χ4n) is 2.42. The summed E-state index contributed by atoms with van der Waals surface area (Å²) in [5, 5.41) is 2.74. The quantitative estimate of drug-likeness (QED) is 0.828. The molecule has 1 amide bonds. The van der Waals surface area contributed by atoms with Gasteiger partial charge in [-0.1, -0.05) is 36.4 Å². The Balaban J connectivity index is 2.17. The molecule has 0 spiro atoms. The molecular formula is C19H20FNO3. The van der Waals surface area contributed by atoms with E-state index in [9.17, 15) is 14.0 Å². The van der Waals surface area contributed by atoms with Crippen molar-refractivity contribution < 1.29 is 18.7 Å². The highest BCUT2D eigenvalue weighted by molar-refractivity contribution is 5.94. The Morgan fingerprint density at radius 1 is 1.17 bits per heavy atom. The van der Waals surface area contributed by atoms with Crippen molar-refractivity contribution in [2.24, 2.45) is 0 Å². The monoisotopic (exact) mass is 329 g/mol. The Bertz CT molecular complexity index is 760. The van der Waals surface area contributed by atoms with E-state index in [1.54, 1.807) is 36.4 Å². The van der Waals surface area contributed by atoms with Gasteiger partial charge in [-0.25, -0.2) is 4.39 Å². The summed E-state index contributed by atoms with van der Waals surface area (Å²) in [5.41, 5.74) is 0.0830. The molecule has 0 aliphatic rings. The minimum atomic E-state index is -1.44. The summed E-state index contributed by atoms with van der Waals surface area (Å²) >= 11 is 0. The van der Waals surface area contributed by atoms with Crippen molar-refractivity contribution in [2.45, 2.75) is 26.0 Å². The number of benzene rings is 2. The highest BCUT2D eigenvalue weighted by Crippen LogP contribution is 2.27. The molecule has 0 unspecified atom stereocenters. The van der Waals surface area contributed by atoms with Crippen molar-refractivity contribution >= 4 is 11.7 Å². The number of methoxy groups -OCH3 is 1. The van der Waals surface area contributed by atoms with Gasteiger partial charge in [-0.15, -0.1) is 0 Å². The third-order valence-corrected chi connectivity index (χ3v) is 4.02. The van der Waals surface area contributed by atoms with Crippen molar-refractivity contribution in [1.82, 2.24) is 5.32 Å². The van der Waals surface area contributed by atoms with Crippen molar-refractivity contribution in [3.8, 4) is 0 Å². The molecule has 0 aliphatic heterocycles. The van der Waals surface area contributed by atoms with Crippen LogP contribution in [0, 0.1) is 5.82 Å². The van der Waals surface area contributed by atoms with E-state index < -0.39 is 17.3 Å². The molecule has 0 heterocycles. The van der Waals surface area contributed by atoms with Crippen molar-refractivity contribution in [3.05, 3.63) is 71.0 Å². The molecular weight excluding hydrogens is 309 g/mol. The van der Waals surface area contributed by atoms with Crippen LogP contribution in [-0.4, -0.2) is 18.8 Å². The molecule has 4 nitrogen and oxygen atoms in total. The van der Waals surface area contributed by atoms with Gasteiger partial charge in [0.25, 0.3) is 5.91 Å². The number of hydrogen-bond donors (Lipinski definition) is 1. The van der Waals surface area contributed by atoms with Gasteiger partial charge in [-0.3, -0.25) is 9.59 Å². The van der Waals surface area contributed by atoms with Crippen LogP contribution in [-0.2, 0) is 21.7 Å². The van der Waals surface area contributed by atoms with Gasteiger partial charge >= 0.3 is 0 Å². The molecule has 0 fully saturated rings. The maximum atomic E-state index is 14.0. The molecule has 0 saturated heterocycles. The lowest BCUT2D eigenvalue weighted by Crippen LogP contribution is -2.44. The van der Waals surface area contributed by atoms with E-state index in [4.69, 9.17) is 4.74 Å². The van der Waals surface area contributed by atoms with Crippen molar-refractivity contribution in [3.63, 3.8) is 0 Å². The standard InChI is InChI=1S/C19H20FNO3/c1-13(22)15-8-6-7-14(11-15)12-21-18(23)19(2,24-3)16-9-4-5-10-17(16)20/h4-11H,12H2,1-3H3,(H,21,23)/t19-/m1/s1. The first-order chi connectivity index (χ1) is 11.4. The molecule has 1 N–H and O–H groups in total. The second-order valence-corrected chi connectivity index (χ2v) is 5.66. The summed E-state index contributed by atoms with van der Waals surface area (Å²) in [5.74, 6) is -1.00. The van der Waals surface area contributed by atoms with Crippen LogP contribution >= 0.6 is 0 Å². The van der Waals surface area contributed by atoms with Gasteiger partial charge in [0.15, 0.2) is 11.4 Å². The molecule has 2 rings (SSSR count). The highest BCUT2D eigenvalue weighted by Gasteiger charge is 2.37. The van der Waals surface area contributed by atoms with Crippen molar-refractivity contribution in [2.75, 3.05) is 7.11 Å². The summed E-state index contributed by atoms with van der Waals surface area (Å²) < 4.78 is 19.4. The summed E-state index contributed by atoms with van der Waals surface area (Å²) in [6.07, 6.45) is 0. The number of carbonyl (C=O) groups is 2. The lowest BCUT2D eigenvalue weighted by Gasteiger charge is -2.27. The first kappa shape index (κ1) is 17.8. The SMILES string of the molecule is CO[C@@](C)(C(=O)NCc1cccc(C(C)=O)c1)c1ccccc1F. The van der Waals surface area contributed by atoms with E-state index in [1.165, 1.54) is 33.1 Å². The zero-order chi connectivity index (χ0) is 17.7. The average molecular weight is 329 g/mol. The first-order valence-corrected chi connectivity index (χ1v) is 7.57. The van der Waals surface area contributed by atoms with E-state index in [2.05, 4.69) is 5.32 Å². The van der Waals surface area contributed by atoms with Crippen LogP contribution in [0.5, 0.6) is 0 Å². The summed E-state index contributed by atoms with van der Waals surface area (Å²) in [6.45, 7) is 3.22. The summed E-state index contributed by atoms with van der Waals surface area (Å²) in [7, 11) is 1.36. The number of ketones is 1. The minimum absolute atomic E-state index is 0.0451. The molecule has 24 heavy (non-hydrogen) atoms. The molecule has 2 aromatic rings. The molecule has 2 aromatic carbocycles. The van der Waals surface area contributed by atoms with Gasteiger partial charge in [-0.2, -0.15) is 0 Å². The number of halogens is 1. The number of nitrogens with one attached hydrogen (secondary N) is 1. The second kappa shape index (κ2) is 7.36. The van der Waals surface area contributed by atoms with E-state index in [0.29, 0.717) is 5.56 Å². The van der Waals surface area contributed by atoms with Crippen LogP contribution in [0.3, 0.4) is 0 Å². The number of Topliss-reactive ketones (excluding diaryl/α,β-unsaturated/α-hetero) is 1. The second-order valence-electron chi connectivity index (χ2n) is 5.66. The predicted octanol–water partition coefficient (Wildman–Crippen LogP) is 3.21. The van der Waals surface area contributed by atoms with Crippen LogP contribution < -0.4 is 5.32 Å². The topological polar surface area (TPSA) is 55.4 Å². The molecule has 1 atom stereocenters. The Morgan fingerprint density at radius 3 is 2.50 bits per heavy atom. The van der Waals surface area contributed by atoms with Gasteiger partial charge in [0.1, 0.15) is 5.82 Å². The van der Waals surface area contributed by atoms with Crippen LogP contribution in [0.15, 0.2) is 48.5 Å². The molecule has 5 heteroatoms. The summed E-state index contributed by atoms with van der Waals surface area (Å²) in [6, 6.07) is 13.0. The number of carbonyl (C=O) groups excluding carboxylic acids is 2. The van der Waals surface area contributed by atoms with Crippen LogP contribution in [0.4, 0.5) is 4.39 Å². The number of ether oxygens (including phenoxy) is 1. The molecule has 0 saturated carbocycles. The summed E-state index contributed by atoms with van der Waals surface area (Å²) in [4.78, 5) is 24.0. The Kier molecular flexibility index (Phi) is 5.46. The van der Waals surface area contributed by atoms with Crippen LogP contribution in [0.2, 0.25) is 0 Å². The average Bonchev–Trinajstić information content (AvgIpc) is 2.59. The normalized spacial score (nSPS) is 13.2. The molecule has 0 aliphatic carbocycles. The van der Waals surface area contributed by atoms with Gasteiger partial charge < -0.3 is 10.1 Å². The maximum Gasteiger partial charge on any atom is 0.256 e. The zero-order valence-corrected chi connectivity index (χ0v) is 13.9. The third-order valence-electron chi connectivity index (χ3n) is 4.02. The number of hydrogen-bond acceptors (Lipinski definition) is 3. The largest absolute Gasteiger partial charge is 0.364 e. The molecule has 126 valence electrons. The van der Waals surface area contributed by atoms with E-state index in [0.717, 1.165) is 5.56 Å². The molecule has 0 aromatic heterocycles.